The Hall–Kier alpha value is -2.71. The molecule has 42 heavy (non-hydrogen) atoms. The fourth-order valence-corrected chi connectivity index (χ4v) is 6.32. The topological polar surface area (TPSA) is 130 Å². The first kappa shape index (κ1) is 30.7. The molecule has 1 aliphatic carbocycles. The molecule has 1 saturated carbocycles. The summed E-state index contributed by atoms with van der Waals surface area (Å²) in [6.45, 7) is -0.649. The maximum absolute atomic E-state index is 14.4. The standard InChI is InChI=1S/C28H30Cl2F2N4O6/c1-41-26-24(35-12-20(33-34-35)14-6-17(31)11-18(32)7-14)25(39)23(13-37)42-27(26)28(40)36(21-4-2-3-5-22(21)38)19-9-15(29)8-16(30)10-19/h6-12,21-27,37-39H,2-5,13H2,1H3/t21-,22-,23+,24-,25-,26+,27+/m0/s1. The van der Waals surface area contributed by atoms with Gasteiger partial charge < -0.3 is 29.7 Å². The van der Waals surface area contributed by atoms with E-state index < -0.39 is 66.8 Å². The number of carbonyl (C=O) groups is 1. The van der Waals surface area contributed by atoms with E-state index in [0.717, 1.165) is 31.0 Å². The van der Waals surface area contributed by atoms with Gasteiger partial charge in [0, 0.05) is 34.5 Å². The first-order valence-electron chi connectivity index (χ1n) is 13.4. The minimum atomic E-state index is -1.42. The van der Waals surface area contributed by atoms with Crippen molar-refractivity contribution in [3.8, 4) is 11.3 Å². The number of benzene rings is 2. The van der Waals surface area contributed by atoms with Gasteiger partial charge in [0.25, 0.3) is 5.91 Å². The average molecular weight is 627 g/mol. The predicted molar refractivity (Wildman–Crippen MR) is 149 cm³/mol. The van der Waals surface area contributed by atoms with E-state index in [1.54, 1.807) is 12.1 Å². The van der Waals surface area contributed by atoms with E-state index >= 15 is 0 Å². The maximum atomic E-state index is 14.4. The summed E-state index contributed by atoms with van der Waals surface area (Å²) < 4.78 is 40.6. The second kappa shape index (κ2) is 12.9. The lowest BCUT2D eigenvalue weighted by atomic mass is 9.88. The normalized spacial score (nSPS) is 28.0. The van der Waals surface area contributed by atoms with Crippen LogP contribution < -0.4 is 4.90 Å². The molecule has 0 spiro atoms. The van der Waals surface area contributed by atoms with E-state index in [0.29, 0.717) is 18.5 Å². The lowest BCUT2D eigenvalue weighted by Crippen LogP contribution is -2.63. The summed E-state index contributed by atoms with van der Waals surface area (Å²) in [5.41, 5.74) is 0.545. The molecular weight excluding hydrogens is 597 g/mol. The number of ether oxygens (including phenoxy) is 2. The third-order valence-corrected chi connectivity index (χ3v) is 8.18. The highest BCUT2D eigenvalue weighted by molar-refractivity contribution is 6.35. The smallest absolute Gasteiger partial charge is 0.259 e. The van der Waals surface area contributed by atoms with E-state index in [-0.39, 0.29) is 21.3 Å². The van der Waals surface area contributed by atoms with Crippen LogP contribution in [0.15, 0.2) is 42.6 Å². The van der Waals surface area contributed by atoms with Crippen LogP contribution in [0, 0.1) is 11.6 Å². The van der Waals surface area contributed by atoms with Crippen LogP contribution in [0.4, 0.5) is 14.5 Å². The highest BCUT2D eigenvalue weighted by Gasteiger charge is 2.52. The molecule has 2 heterocycles. The maximum Gasteiger partial charge on any atom is 0.259 e. The molecule has 226 valence electrons. The molecule has 2 aliphatic rings. The fourth-order valence-electron chi connectivity index (χ4n) is 5.81. The minimum Gasteiger partial charge on any atom is -0.394 e. The van der Waals surface area contributed by atoms with Crippen molar-refractivity contribution < 1.29 is 38.4 Å². The number of carbonyl (C=O) groups excluding carboxylic acids is 1. The van der Waals surface area contributed by atoms with Crippen LogP contribution >= 0.6 is 23.2 Å². The Labute approximate surface area is 250 Å². The molecule has 10 nitrogen and oxygen atoms in total. The zero-order valence-corrected chi connectivity index (χ0v) is 24.0. The van der Waals surface area contributed by atoms with Crippen molar-refractivity contribution in [2.45, 2.75) is 68.3 Å². The van der Waals surface area contributed by atoms with Crippen LogP contribution in [0.3, 0.4) is 0 Å². The van der Waals surface area contributed by atoms with Crippen molar-refractivity contribution in [2.75, 3.05) is 18.6 Å². The monoisotopic (exact) mass is 626 g/mol. The second-order valence-corrected chi connectivity index (χ2v) is 11.3. The summed E-state index contributed by atoms with van der Waals surface area (Å²) in [7, 11) is 1.32. The molecule has 0 bridgehead atoms. The predicted octanol–water partition coefficient (Wildman–Crippen LogP) is 3.54. The molecular formula is C28H30Cl2F2N4O6. The molecule has 1 amide bonds. The van der Waals surface area contributed by atoms with Crippen LogP contribution in [0.5, 0.6) is 0 Å². The average Bonchev–Trinajstić information content (AvgIpc) is 3.43. The number of amides is 1. The van der Waals surface area contributed by atoms with Crippen molar-refractivity contribution in [3.05, 3.63) is 64.3 Å². The molecule has 7 atom stereocenters. The Kier molecular flexibility index (Phi) is 9.43. The summed E-state index contributed by atoms with van der Waals surface area (Å²) in [6, 6.07) is 5.75. The molecule has 1 saturated heterocycles. The van der Waals surface area contributed by atoms with Crippen LogP contribution in [0.2, 0.25) is 10.0 Å². The van der Waals surface area contributed by atoms with Crippen molar-refractivity contribution in [2.24, 2.45) is 0 Å². The zero-order chi connectivity index (χ0) is 30.1. The van der Waals surface area contributed by atoms with Crippen LogP contribution in [-0.2, 0) is 14.3 Å². The fraction of sp³-hybridized carbons (Fsp3) is 0.464. The Balaban J connectivity index is 1.55. The lowest BCUT2D eigenvalue weighted by Gasteiger charge is -2.46. The largest absolute Gasteiger partial charge is 0.394 e. The molecule has 2 aromatic carbocycles. The summed E-state index contributed by atoms with van der Waals surface area (Å²) in [5, 5.41) is 40.9. The van der Waals surface area contributed by atoms with Gasteiger partial charge in [-0.3, -0.25) is 4.79 Å². The van der Waals surface area contributed by atoms with E-state index in [4.69, 9.17) is 32.7 Å². The van der Waals surface area contributed by atoms with Gasteiger partial charge in [0.15, 0.2) is 6.10 Å². The first-order chi connectivity index (χ1) is 20.1. The first-order valence-corrected chi connectivity index (χ1v) is 14.2. The molecule has 0 unspecified atom stereocenters. The van der Waals surface area contributed by atoms with Gasteiger partial charge in [-0.05, 0) is 43.2 Å². The molecule has 0 radical (unpaired) electrons. The Morgan fingerprint density at radius 1 is 1.10 bits per heavy atom. The van der Waals surface area contributed by atoms with Gasteiger partial charge in [-0.15, -0.1) is 5.10 Å². The lowest BCUT2D eigenvalue weighted by molar-refractivity contribution is -0.211. The van der Waals surface area contributed by atoms with Crippen LogP contribution in [0.1, 0.15) is 31.7 Å². The number of hydrogen-bond donors (Lipinski definition) is 3. The van der Waals surface area contributed by atoms with Crippen LogP contribution in [0.25, 0.3) is 11.3 Å². The van der Waals surface area contributed by atoms with E-state index in [2.05, 4.69) is 10.3 Å². The summed E-state index contributed by atoms with van der Waals surface area (Å²) in [6.07, 6.45) is -2.19. The van der Waals surface area contributed by atoms with E-state index in [1.165, 1.54) is 29.0 Å². The molecule has 5 rings (SSSR count). The highest BCUT2D eigenvalue weighted by atomic mass is 35.5. The highest BCUT2D eigenvalue weighted by Crippen LogP contribution is 2.37. The van der Waals surface area contributed by atoms with Gasteiger partial charge in [-0.25, -0.2) is 13.5 Å². The number of aliphatic hydroxyl groups excluding tert-OH is 3. The van der Waals surface area contributed by atoms with Crippen molar-refractivity contribution in [1.82, 2.24) is 15.0 Å². The van der Waals surface area contributed by atoms with Gasteiger partial charge in [0.05, 0.1) is 24.9 Å². The number of hydrogen-bond acceptors (Lipinski definition) is 8. The van der Waals surface area contributed by atoms with Crippen molar-refractivity contribution in [1.29, 1.82) is 0 Å². The molecule has 3 aromatic rings. The van der Waals surface area contributed by atoms with E-state index in [9.17, 15) is 28.9 Å². The van der Waals surface area contributed by atoms with Gasteiger partial charge in [0.2, 0.25) is 0 Å². The summed E-state index contributed by atoms with van der Waals surface area (Å²) in [4.78, 5) is 15.8. The zero-order valence-electron chi connectivity index (χ0n) is 22.5. The number of halogens is 4. The second-order valence-electron chi connectivity index (χ2n) is 10.5. The Bertz CT molecular complexity index is 1390. The number of anilines is 1. The number of aliphatic hydroxyl groups is 3. The van der Waals surface area contributed by atoms with Gasteiger partial charge in [0.1, 0.15) is 41.7 Å². The quantitative estimate of drug-likeness (QED) is 0.363. The minimum absolute atomic E-state index is 0.103. The van der Waals surface area contributed by atoms with Crippen molar-refractivity contribution in [3.63, 3.8) is 0 Å². The number of rotatable bonds is 7. The third kappa shape index (κ3) is 6.16. The SMILES string of the molecule is CO[C@@H]1[C@@H](n2cc(-c3cc(F)cc(F)c3)nn2)[C@@H](O)[C@@H](CO)O[C@H]1C(=O)N(c1cc(Cl)cc(Cl)c1)[C@H]1CCCC[C@@H]1O. The van der Waals surface area contributed by atoms with E-state index in [1.807, 2.05) is 0 Å². The summed E-state index contributed by atoms with van der Waals surface area (Å²) in [5.74, 6) is -2.23. The Morgan fingerprint density at radius 2 is 1.76 bits per heavy atom. The van der Waals surface area contributed by atoms with Gasteiger partial charge >= 0.3 is 0 Å². The Morgan fingerprint density at radius 3 is 2.38 bits per heavy atom. The number of nitrogens with zero attached hydrogens (tertiary/aromatic N) is 4. The number of aromatic nitrogens is 3. The third-order valence-electron chi connectivity index (χ3n) is 7.75. The van der Waals surface area contributed by atoms with Crippen molar-refractivity contribution >= 4 is 34.8 Å². The molecule has 14 heteroatoms. The van der Waals surface area contributed by atoms with Gasteiger partial charge in [-0.2, -0.15) is 0 Å². The van der Waals surface area contributed by atoms with Gasteiger partial charge in [-0.1, -0.05) is 41.3 Å². The summed E-state index contributed by atoms with van der Waals surface area (Å²) >= 11 is 12.6. The van der Waals surface area contributed by atoms with Crippen LogP contribution in [-0.4, -0.2) is 86.5 Å². The molecule has 1 aromatic heterocycles. The molecule has 3 N–H and O–H groups in total. The molecule has 2 fully saturated rings. The number of methoxy groups -OCH3 is 1. The molecule has 1 aliphatic heterocycles.